The van der Waals surface area contributed by atoms with E-state index in [1.54, 1.807) is 30.5 Å². The van der Waals surface area contributed by atoms with E-state index in [1.165, 1.54) is 37.1 Å². The first-order valence-electron chi connectivity index (χ1n) is 35.3. The molecule has 0 radical (unpaired) electrons. The van der Waals surface area contributed by atoms with Gasteiger partial charge in [-0.05, 0) is 147 Å². The fourth-order valence-electron chi connectivity index (χ4n) is 11.1. The van der Waals surface area contributed by atoms with Crippen LogP contribution in [0, 0.1) is 20.2 Å². The van der Waals surface area contributed by atoms with Crippen LogP contribution in [0.2, 0.25) is 15.7 Å². The summed E-state index contributed by atoms with van der Waals surface area (Å²) in [5, 5.41) is 73.8. The normalized spacial score (nSPS) is 16.3. The third-order valence-electron chi connectivity index (χ3n) is 17.2. The number of carbonyl (C=O) groups excluding carboxylic acids is 4. The molecule has 4 amide bonds. The number of rotatable bonds is 18. The molecule has 41 nitrogen and oxygen atoms in total. The third kappa shape index (κ3) is 22.1. The number of fused-ring (bicyclic) bond motifs is 3. The van der Waals surface area contributed by atoms with E-state index in [1.807, 2.05) is 53.9 Å². The summed E-state index contributed by atoms with van der Waals surface area (Å²) >= 11 is 17.1. The number of aromatic carboxylic acids is 1. The molecule has 12 aromatic rings. The molecule has 7 aliphatic rings. The first kappa shape index (κ1) is 80.4. The van der Waals surface area contributed by atoms with E-state index < -0.39 is 21.6 Å². The number of aromatic nitrogens is 16. The van der Waals surface area contributed by atoms with Gasteiger partial charge in [0.05, 0.1) is 54.9 Å². The van der Waals surface area contributed by atoms with Gasteiger partial charge in [0.2, 0.25) is 16.5 Å². The van der Waals surface area contributed by atoms with E-state index in [4.69, 9.17) is 68.9 Å². The number of nitrogens with two attached hydrogens (primary N) is 1. The van der Waals surface area contributed by atoms with Crippen LogP contribution in [0.4, 0.5) is 40.9 Å². The number of halogens is 4. The first-order valence-corrected chi connectivity index (χ1v) is 36.4. The number of anilines is 5. The molecule has 114 heavy (non-hydrogen) atoms. The fourth-order valence-corrected chi connectivity index (χ4v) is 11.7. The molecule has 4 saturated carbocycles. The number of nitrogens with one attached hydrogen (secondary N) is 11. The smallest absolute Gasteiger partial charge is 0.358 e. The van der Waals surface area contributed by atoms with Crippen molar-refractivity contribution in [3.8, 4) is 0 Å². The lowest BCUT2D eigenvalue weighted by atomic mass is 10.1. The van der Waals surface area contributed by atoms with E-state index in [0.29, 0.717) is 98.8 Å². The Balaban J connectivity index is 0.000000129. The van der Waals surface area contributed by atoms with Crippen LogP contribution in [0.3, 0.4) is 0 Å². The van der Waals surface area contributed by atoms with Crippen LogP contribution < -0.4 is 47.9 Å². The van der Waals surface area contributed by atoms with Gasteiger partial charge < -0.3 is 86.4 Å². The lowest BCUT2D eigenvalue weighted by molar-refractivity contribution is -0.389. The van der Waals surface area contributed by atoms with Gasteiger partial charge in [0.25, 0.3) is 23.6 Å². The summed E-state index contributed by atoms with van der Waals surface area (Å²) in [7, 11) is 0. The van der Waals surface area contributed by atoms with Crippen LogP contribution in [0.1, 0.15) is 142 Å². The van der Waals surface area contributed by atoms with Crippen molar-refractivity contribution in [2.45, 2.75) is 113 Å². The van der Waals surface area contributed by atoms with Gasteiger partial charge in [-0.3, -0.25) is 44.3 Å². The lowest BCUT2D eigenvalue weighted by Crippen LogP contribution is -2.31. The minimum Gasteiger partial charge on any atom is -0.476 e. The summed E-state index contributed by atoms with van der Waals surface area (Å²) in [5.41, 5.74) is 12.8. The molecule has 2 unspecified atom stereocenters. The Morgan fingerprint density at radius 2 is 1.10 bits per heavy atom. The molecule has 19 rings (SSSR count). The predicted molar refractivity (Wildman–Crippen MR) is 414 cm³/mol. The van der Waals surface area contributed by atoms with E-state index in [-0.39, 0.29) is 87.1 Å². The van der Waals surface area contributed by atoms with Gasteiger partial charge in [-0.1, -0.05) is 33.9 Å². The molecule has 2 saturated heterocycles. The second kappa shape index (κ2) is 37.3. The minimum atomic E-state index is -1.30. The van der Waals surface area contributed by atoms with E-state index in [9.17, 15) is 44.2 Å². The Morgan fingerprint density at radius 1 is 0.561 bits per heavy atom. The molecule has 4 aliphatic carbocycles. The summed E-state index contributed by atoms with van der Waals surface area (Å²) in [6, 6.07) is 24.2. The number of aromatic amines is 4. The molecular weight excluding hydrogens is 1570 g/mol. The Kier molecular flexibility index (Phi) is 26.3. The number of carboxylic acids is 1. The van der Waals surface area contributed by atoms with Gasteiger partial charge in [0.1, 0.15) is 39.5 Å². The van der Waals surface area contributed by atoms with Crippen LogP contribution in [0.25, 0.3) is 33.3 Å². The number of hydrogen-bond donors (Lipinski definition) is 13. The second-order valence-electron chi connectivity index (χ2n) is 26.0. The van der Waals surface area contributed by atoms with Crippen LogP contribution in [0.5, 0.6) is 0 Å². The first-order chi connectivity index (χ1) is 54.7. The van der Waals surface area contributed by atoms with Crippen molar-refractivity contribution >= 4 is 157 Å². The van der Waals surface area contributed by atoms with Crippen LogP contribution in [-0.2, 0) is 4.79 Å². The Bertz CT molecular complexity index is 5430. The molecule has 45 heteroatoms. The van der Waals surface area contributed by atoms with Crippen molar-refractivity contribution in [1.82, 2.24) is 107 Å². The van der Waals surface area contributed by atoms with Crippen LogP contribution >= 0.6 is 47.2 Å². The fraction of sp³-hybridized carbons (Fsp3) is 0.304. The van der Waals surface area contributed by atoms with Crippen molar-refractivity contribution < 1.29 is 52.2 Å². The summed E-state index contributed by atoms with van der Waals surface area (Å²) in [6.07, 6.45) is 22.9. The number of carbonyl (C=O) groups is 5. The highest BCUT2D eigenvalue weighted by atomic mass is 35.5. The summed E-state index contributed by atoms with van der Waals surface area (Å²) < 4.78 is 16.0. The standard InChI is InChI=1S/C23H23N7O2.C13H11ClN6O2.C9H12N2.C7H8N4O3.C7H10N4O.C6H2Cl2N2O.C4H3N3O4.ClH/c31-22(27-14-6-7-14)18-12-15(13-25-18)26-21-20-17(8-11-32-20)28-23(29-21)30-10-3-5-19(30)16-4-1-2-9-24-16;14-13-16-7-3-4-22-10(7)11(18-13)17-9-5-8(19-20-9)12(21)15-6-1-2-6;1-2-6-10-8(4-1)9-5-3-7-11-9;12-7(8-4-1-2-4)5-3-6(10-9-5)11(13)14;8-6-3-5(10-11-6)7(12)9-4-1-2-4;7-5-4-3(1-2-11-4)9-6(8)10-5;8-4(9)2-1-3(6-5-2)7(10)11;/h1-2,4,8-9,11-12,14,19H,3,5-7,10,13H2,(H,27,31)(H,26,28,29);3-6H,1-2H2,(H,15,21)(H2,16,17,18,19,20);1-2,4,6,9,11H,3,5,7H2;3-4H,1-2H2,(H,8,12)(H,9,10);3-4H,1-2H2,(H,9,12)(H3,8,10,11);1-2H;1H,(H,5,6)(H,8,9);1H. The zero-order chi connectivity index (χ0) is 79.1. The number of aliphatic imine (C=N–C) groups is 1. The molecule has 0 spiro atoms. The van der Waals surface area contributed by atoms with Gasteiger partial charge in [0.15, 0.2) is 50.7 Å². The molecule has 14 N–H and O–H groups in total. The number of nitrogen functional groups attached to an aromatic ring is 1. The number of nitrogens with zero attached hydrogens (tertiary/aromatic N) is 16. The number of amides is 4. The monoisotopic (exact) mass is 1640 g/mol. The number of furan rings is 3. The Morgan fingerprint density at radius 3 is 1.64 bits per heavy atom. The van der Waals surface area contributed by atoms with Crippen molar-refractivity contribution in [2.24, 2.45) is 4.99 Å². The second-order valence-corrected chi connectivity index (χ2v) is 27.0. The zero-order valence-electron chi connectivity index (χ0n) is 59.7. The topological polar surface area (TPSA) is 575 Å². The maximum atomic E-state index is 12.3. The van der Waals surface area contributed by atoms with Gasteiger partial charge in [-0.2, -0.15) is 20.2 Å². The van der Waals surface area contributed by atoms with Crippen LogP contribution in [0.15, 0.2) is 140 Å². The minimum absolute atomic E-state index is 0. The maximum Gasteiger partial charge on any atom is 0.358 e. The van der Waals surface area contributed by atoms with Gasteiger partial charge in [-0.25, -0.2) is 24.7 Å². The predicted octanol–water partition coefficient (Wildman–Crippen LogP) is 9.79. The molecular formula is C69H70Cl4N28O13. The Hall–Kier alpha value is -13.1. The number of nitro groups is 2. The average molecular weight is 1640 g/mol. The Labute approximate surface area is 663 Å². The van der Waals surface area contributed by atoms with Crippen LogP contribution in [-0.4, -0.2) is 175 Å². The van der Waals surface area contributed by atoms with Crippen molar-refractivity contribution in [2.75, 3.05) is 40.9 Å². The molecule has 12 aromatic heterocycles. The molecule has 2 atom stereocenters. The SMILES string of the molecule is Cl.Clc1nc(Cl)c2occc2n1.Nc1cc(C(=O)NC2CC2)[nH]n1.O=C(NC1CC1)C1=NCC(Nc2nc(N3CCCC3c3ccccn3)nc3ccoc23)=C1.O=C(NC1CC1)c1cc(Nc2nc(Cl)nc3ccoc23)n[nH]1.O=C(NC1CC1)c1cc([N+](=O)[O-])[nH]n1.O=C(O)c1cc([N+](=O)[O-])[nH]n1.c1ccc(C2CCCN2)nc1. The van der Waals surface area contributed by atoms with Crippen molar-refractivity contribution in [3.63, 3.8) is 0 Å². The summed E-state index contributed by atoms with van der Waals surface area (Å²) in [5.74, 6) is -0.392. The average Bonchev–Trinajstić information content (AvgIpc) is 1.59. The number of carboxylic acid groups (broad SMARTS) is 1. The molecule has 0 aromatic carbocycles. The highest BCUT2D eigenvalue weighted by molar-refractivity contribution is 6.44. The number of H-pyrrole nitrogens is 4. The maximum absolute atomic E-state index is 12.3. The zero-order valence-corrected chi connectivity index (χ0v) is 62.7. The summed E-state index contributed by atoms with van der Waals surface area (Å²) in [4.78, 5) is 116. The number of hydrogen-bond acceptors (Lipinski definition) is 30. The van der Waals surface area contributed by atoms with E-state index in [2.05, 4.69) is 119 Å². The molecule has 6 fully saturated rings. The molecule has 0 bridgehead atoms. The number of pyridine rings is 2. The van der Waals surface area contributed by atoms with Crippen molar-refractivity contribution in [1.29, 1.82) is 0 Å². The lowest BCUT2D eigenvalue weighted by Gasteiger charge is -2.24. The van der Waals surface area contributed by atoms with Gasteiger partial charge >= 0.3 is 17.6 Å². The quantitative estimate of drug-likeness (QED) is 0.0164. The van der Waals surface area contributed by atoms with Crippen molar-refractivity contribution in [3.05, 3.63) is 192 Å². The molecule has 592 valence electrons. The largest absolute Gasteiger partial charge is 0.476 e. The van der Waals surface area contributed by atoms with E-state index >= 15 is 0 Å². The summed E-state index contributed by atoms with van der Waals surface area (Å²) in [6.45, 7) is 2.40. The molecule has 15 heterocycles. The molecule has 3 aliphatic heterocycles. The third-order valence-corrected chi connectivity index (χ3v) is 17.8. The van der Waals surface area contributed by atoms with E-state index in [0.717, 1.165) is 106 Å². The van der Waals surface area contributed by atoms with Gasteiger partial charge in [0, 0.05) is 85.2 Å². The highest BCUT2D eigenvalue weighted by Crippen LogP contribution is 2.37. The van der Waals surface area contributed by atoms with Gasteiger partial charge in [-0.15, -0.1) is 22.6 Å². The highest BCUT2D eigenvalue weighted by Gasteiger charge is 2.33.